The highest BCUT2D eigenvalue weighted by atomic mass is 32.1. The van der Waals surface area contributed by atoms with E-state index in [1.807, 2.05) is 0 Å². The molecule has 0 spiro atoms. The smallest absolute Gasteiger partial charge is 0.306 e. The first kappa shape index (κ1) is 25.2. The first-order valence-electron chi connectivity index (χ1n) is 10.5. The molecule has 0 aliphatic heterocycles. The van der Waals surface area contributed by atoms with E-state index < -0.39 is 0 Å². The van der Waals surface area contributed by atoms with Crippen LogP contribution < -0.4 is 0 Å². The number of thiol groups is 2. The molecule has 2 nitrogen and oxygen atoms in total. The first-order chi connectivity index (χ1) is 12.0. The monoisotopic (exact) mass is 390 g/mol. The molecule has 0 N–H and O–H groups in total. The van der Waals surface area contributed by atoms with Crippen molar-refractivity contribution in [2.75, 3.05) is 5.75 Å². The van der Waals surface area contributed by atoms with Crippen molar-refractivity contribution in [2.24, 2.45) is 5.92 Å². The van der Waals surface area contributed by atoms with Gasteiger partial charge in [0.2, 0.25) is 0 Å². The molecule has 0 aromatic rings. The van der Waals surface area contributed by atoms with Crippen LogP contribution in [0.25, 0.3) is 0 Å². The van der Waals surface area contributed by atoms with E-state index in [4.69, 9.17) is 4.74 Å². The van der Waals surface area contributed by atoms with E-state index in [1.165, 1.54) is 38.5 Å². The quantitative estimate of drug-likeness (QED) is 0.161. The lowest BCUT2D eigenvalue weighted by Gasteiger charge is -2.24. The molecule has 4 heteroatoms. The molecular formula is C21H42O2S2. The lowest BCUT2D eigenvalue weighted by Crippen LogP contribution is -2.25. The zero-order valence-electron chi connectivity index (χ0n) is 16.8. The predicted octanol–water partition coefficient (Wildman–Crippen LogP) is 6.87. The number of carbonyl (C=O) groups is 1. The number of unbranched alkanes of at least 4 members (excludes halogenated alkanes) is 8. The molecule has 0 bridgehead atoms. The highest BCUT2D eigenvalue weighted by Gasteiger charge is 2.21. The fourth-order valence-corrected chi connectivity index (χ4v) is 3.55. The Bertz CT molecular complexity index is 310. The summed E-state index contributed by atoms with van der Waals surface area (Å²) < 4.78 is 5.81. The minimum Gasteiger partial charge on any atom is -0.462 e. The van der Waals surface area contributed by atoms with E-state index in [0.717, 1.165) is 44.3 Å². The summed E-state index contributed by atoms with van der Waals surface area (Å²) in [6.45, 7) is 6.59. The zero-order chi connectivity index (χ0) is 18.9. The van der Waals surface area contributed by atoms with Crippen LogP contribution in [0, 0.1) is 5.92 Å². The van der Waals surface area contributed by atoms with Gasteiger partial charge in [0, 0.05) is 17.4 Å². The van der Waals surface area contributed by atoms with Crippen molar-refractivity contribution in [3.05, 3.63) is 0 Å². The third kappa shape index (κ3) is 15.0. The number of esters is 1. The van der Waals surface area contributed by atoms with E-state index in [2.05, 4.69) is 46.0 Å². The van der Waals surface area contributed by atoms with Crippen LogP contribution in [0.5, 0.6) is 0 Å². The number of hydrogen-bond acceptors (Lipinski definition) is 4. The van der Waals surface area contributed by atoms with E-state index in [1.54, 1.807) is 0 Å². The average Bonchev–Trinajstić information content (AvgIpc) is 2.60. The Labute approximate surface area is 168 Å². The van der Waals surface area contributed by atoms with Gasteiger partial charge in [0.05, 0.1) is 0 Å². The van der Waals surface area contributed by atoms with Crippen molar-refractivity contribution in [1.82, 2.24) is 0 Å². The molecule has 0 aromatic heterocycles. The maximum absolute atomic E-state index is 12.1. The van der Waals surface area contributed by atoms with E-state index in [-0.39, 0.29) is 17.3 Å². The molecule has 150 valence electrons. The lowest BCUT2D eigenvalue weighted by atomic mass is 9.96. The SMILES string of the molecule is CCCCCCCCCC(CC(C)C(S)CS)OC(=O)CCCCC. The van der Waals surface area contributed by atoms with Crippen LogP contribution in [0.4, 0.5) is 0 Å². The van der Waals surface area contributed by atoms with Crippen LogP contribution in [-0.4, -0.2) is 23.1 Å². The van der Waals surface area contributed by atoms with E-state index >= 15 is 0 Å². The second-order valence-corrected chi connectivity index (χ2v) is 8.47. The van der Waals surface area contributed by atoms with Crippen molar-refractivity contribution < 1.29 is 9.53 Å². The highest BCUT2D eigenvalue weighted by Crippen LogP contribution is 2.23. The second kappa shape index (κ2) is 17.6. The summed E-state index contributed by atoms with van der Waals surface area (Å²) in [6.07, 6.45) is 14.7. The van der Waals surface area contributed by atoms with Gasteiger partial charge >= 0.3 is 5.97 Å². The summed E-state index contributed by atoms with van der Waals surface area (Å²) in [7, 11) is 0. The van der Waals surface area contributed by atoms with Gasteiger partial charge in [-0.25, -0.2) is 0 Å². The molecule has 25 heavy (non-hydrogen) atoms. The Morgan fingerprint density at radius 1 is 0.920 bits per heavy atom. The third-order valence-electron chi connectivity index (χ3n) is 4.89. The van der Waals surface area contributed by atoms with Gasteiger partial charge in [-0.3, -0.25) is 4.79 Å². The maximum atomic E-state index is 12.1. The summed E-state index contributed by atoms with van der Waals surface area (Å²) in [5.74, 6) is 1.16. The van der Waals surface area contributed by atoms with Crippen molar-refractivity contribution in [1.29, 1.82) is 0 Å². The normalized spacial score (nSPS) is 14.9. The fraction of sp³-hybridized carbons (Fsp3) is 0.952. The molecule has 0 radical (unpaired) electrons. The molecule has 0 rings (SSSR count). The lowest BCUT2D eigenvalue weighted by molar-refractivity contribution is -0.150. The van der Waals surface area contributed by atoms with Gasteiger partial charge in [-0.15, -0.1) is 0 Å². The molecule has 0 heterocycles. The number of hydrogen-bond donors (Lipinski definition) is 2. The van der Waals surface area contributed by atoms with Crippen molar-refractivity contribution >= 4 is 31.2 Å². The van der Waals surface area contributed by atoms with Gasteiger partial charge in [-0.1, -0.05) is 72.1 Å². The predicted molar refractivity (Wildman–Crippen MR) is 117 cm³/mol. The molecule has 0 fully saturated rings. The van der Waals surface area contributed by atoms with Crippen LogP contribution in [0.1, 0.15) is 104 Å². The van der Waals surface area contributed by atoms with Gasteiger partial charge in [-0.05, 0) is 31.6 Å². The molecule has 0 saturated heterocycles. The van der Waals surface area contributed by atoms with Crippen LogP contribution in [0.2, 0.25) is 0 Å². The van der Waals surface area contributed by atoms with Gasteiger partial charge in [0.25, 0.3) is 0 Å². The van der Waals surface area contributed by atoms with Gasteiger partial charge < -0.3 is 4.74 Å². The molecule has 0 aliphatic carbocycles. The summed E-state index contributed by atoms with van der Waals surface area (Å²) in [5, 5.41) is 0.263. The van der Waals surface area contributed by atoms with Crippen LogP contribution in [0.3, 0.4) is 0 Å². The largest absolute Gasteiger partial charge is 0.462 e. The molecule has 0 amide bonds. The topological polar surface area (TPSA) is 26.3 Å². The molecule has 0 aromatic carbocycles. The van der Waals surface area contributed by atoms with Gasteiger partial charge in [0.1, 0.15) is 6.10 Å². The fourth-order valence-electron chi connectivity index (χ4n) is 3.07. The Morgan fingerprint density at radius 2 is 1.48 bits per heavy atom. The summed E-state index contributed by atoms with van der Waals surface area (Å²) >= 11 is 8.95. The first-order valence-corrected chi connectivity index (χ1v) is 11.7. The van der Waals surface area contributed by atoms with E-state index in [0.29, 0.717) is 12.3 Å². The maximum Gasteiger partial charge on any atom is 0.306 e. The Morgan fingerprint density at radius 3 is 2.08 bits per heavy atom. The third-order valence-corrected chi connectivity index (χ3v) is 6.26. The number of carbonyl (C=O) groups excluding carboxylic acids is 1. The van der Waals surface area contributed by atoms with Crippen molar-refractivity contribution in [3.8, 4) is 0 Å². The molecule has 3 atom stereocenters. The van der Waals surface area contributed by atoms with E-state index in [9.17, 15) is 4.79 Å². The Balaban J connectivity index is 4.21. The highest BCUT2D eigenvalue weighted by molar-refractivity contribution is 7.84. The minimum atomic E-state index is -0.0183. The Kier molecular flexibility index (Phi) is 17.7. The van der Waals surface area contributed by atoms with Crippen LogP contribution in [0.15, 0.2) is 0 Å². The van der Waals surface area contributed by atoms with Crippen LogP contribution in [-0.2, 0) is 9.53 Å². The average molecular weight is 391 g/mol. The Hall–Kier alpha value is 0.170. The molecule has 0 aliphatic rings. The summed E-state index contributed by atoms with van der Waals surface area (Å²) in [4.78, 5) is 12.1. The summed E-state index contributed by atoms with van der Waals surface area (Å²) in [6, 6.07) is 0. The molecule has 0 saturated carbocycles. The number of ether oxygens (including phenoxy) is 1. The van der Waals surface area contributed by atoms with Crippen molar-refractivity contribution in [3.63, 3.8) is 0 Å². The number of rotatable bonds is 17. The standard InChI is InChI=1S/C21H42O2S2/c1-4-6-8-9-10-11-13-14-19(16-18(3)20(25)17-24)23-21(22)15-12-7-5-2/h18-20,24-25H,4-17H2,1-3H3. The zero-order valence-corrected chi connectivity index (χ0v) is 18.6. The second-order valence-electron chi connectivity index (χ2n) is 7.44. The van der Waals surface area contributed by atoms with Gasteiger partial charge in [-0.2, -0.15) is 25.3 Å². The van der Waals surface area contributed by atoms with Crippen LogP contribution >= 0.6 is 25.3 Å². The minimum absolute atomic E-state index is 0.0183. The molecule has 3 unspecified atom stereocenters. The van der Waals surface area contributed by atoms with Crippen molar-refractivity contribution in [2.45, 2.75) is 116 Å². The summed E-state index contributed by atoms with van der Waals surface area (Å²) in [5.41, 5.74) is 0. The molecular weight excluding hydrogens is 348 g/mol. The van der Waals surface area contributed by atoms with Gasteiger partial charge in [0.15, 0.2) is 0 Å².